The van der Waals surface area contributed by atoms with Gasteiger partial charge in [-0.3, -0.25) is 9.59 Å². The summed E-state index contributed by atoms with van der Waals surface area (Å²) in [6.45, 7) is 2.74. The average Bonchev–Trinajstić information content (AvgIpc) is 3.40. The van der Waals surface area contributed by atoms with E-state index in [0.717, 1.165) is 31.4 Å². The van der Waals surface area contributed by atoms with Crippen molar-refractivity contribution in [3.05, 3.63) is 36.1 Å². The van der Waals surface area contributed by atoms with Gasteiger partial charge in [0.15, 0.2) is 5.76 Å². The number of nitrogens with zero attached hydrogens (tertiary/aromatic N) is 3. The number of rotatable bonds is 5. The lowest BCUT2D eigenvalue weighted by Crippen LogP contribution is -2.55. The number of imidazole rings is 1. The van der Waals surface area contributed by atoms with Crippen molar-refractivity contribution in [2.24, 2.45) is 5.41 Å². The number of carbonyl (C=O) groups is 2. The first-order valence-electron chi connectivity index (χ1n) is 9.77. The van der Waals surface area contributed by atoms with Crippen LogP contribution in [0.1, 0.15) is 41.9 Å². The van der Waals surface area contributed by atoms with Gasteiger partial charge in [0.1, 0.15) is 0 Å². The molecule has 28 heavy (non-hydrogen) atoms. The number of methoxy groups -OCH3 is 1. The maximum atomic E-state index is 12.9. The number of ether oxygens (including phenoxy) is 1. The fourth-order valence-electron chi connectivity index (χ4n) is 4.40. The first kappa shape index (κ1) is 18.6. The van der Waals surface area contributed by atoms with Gasteiger partial charge in [-0.05, 0) is 25.3 Å². The van der Waals surface area contributed by atoms with Crippen LogP contribution in [0.3, 0.4) is 0 Å². The summed E-state index contributed by atoms with van der Waals surface area (Å²) < 4.78 is 10.5. The molecule has 2 saturated heterocycles. The molecule has 2 aromatic heterocycles. The van der Waals surface area contributed by atoms with Gasteiger partial charge < -0.3 is 23.9 Å². The van der Waals surface area contributed by atoms with Crippen LogP contribution in [0.4, 0.5) is 0 Å². The molecule has 4 rings (SSSR count). The van der Waals surface area contributed by atoms with E-state index in [4.69, 9.17) is 9.15 Å². The molecule has 0 unspecified atom stereocenters. The molecule has 0 radical (unpaired) electrons. The van der Waals surface area contributed by atoms with Crippen LogP contribution in [0.2, 0.25) is 0 Å². The first-order valence-corrected chi connectivity index (χ1v) is 9.77. The molecule has 2 aliphatic heterocycles. The summed E-state index contributed by atoms with van der Waals surface area (Å²) in [5.41, 5.74) is 0.992. The second-order valence-electron chi connectivity index (χ2n) is 7.80. The third kappa shape index (κ3) is 3.76. The second kappa shape index (κ2) is 7.69. The highest BCUT2D eigenvalue weighted by Gasteiger charge is 2.43. The van der Waals surface area contributed by atoms with E-state index in [1.54, 1.807) is 24.7 Å². The minimum absolute atomic E-state index is 0.0352. The molecule has 2 aliphatic rings. The number of amides is 2. The number of aromatic amines is 1. The molecule has 2 fully saturated rings. The van der Waals surface area contributed by atoms with E-state index in [1.165, 1.54) is 7.11 Å². The zero-order chi connectivity index (χ0) is 19.6. The largest absolute Gasteiger partial charge is 0.468 e. The van der Waals surface area contributed by atoms with Gasteiger partial charge in [-0.1, -0.05) is 0 Å². The molecule has 1 spiro atoms. The van der Waals surface area contributed by atoms with Gasteiger partial charge in [-0.15, -0.1) is 0 Å². The van der Waals surface area contributed by atoms with E-state index < -0.39 is 0 Å². The van der Waals surface area contributed by atoms with Gasteiger partial charge in [0.05, 0.1) is 13.4 Å². The molecule has 0 aliphatic carbocycles. The van der Waals surface area contributed by atoms with Crippen LogP contribution in [0.25, 0.3) is 0 Å². The molecule has 1 N–H and O–H groups in total. The zero-order valence-electron chi connectivity index (χ0n) is 16.1. The molecular formula is C20H26N4O4. The second-order valence-corrected chi connectivity index (χ2v) is 7.80. The number of hydrogen-bond acceptors (Lipinski definition) is 5. The molecule has 8 heteroatoms. The summed E-state index contributed by atoms with van der Waals surface area (Å²) in [7, 11) is 1.51. The Bertz CT molecular complexity index is 831. The van der Waals surface area contributed by atoms with Crippen LogP contribution < -0.4 is 4.74 Å². The molecule has 150 valence electrons. The van der Waals surface area contributed by atoms with Crippen LogP contribution in [0, 0.1) is 5.41 Å². The Hall–Kier alpha value is -2.77. The number of aromatic nitrogens is 2. The lowest BCUT2D eigenvalue weighted by Gasteiger charge is -2.48. The van der Waals surface area contributed by atoms with Crippen molar-refractivity contribution in [2.45, 2.75) is 32.1 Å². The molecule has 0 saturated carbocycles. The molecular weight excluding hydrogens is 360 g/mol. The normalized spacial score (nSPS) is 22.7. The molecule has 8 nitrogen and oxygen atoms in total. The number of piperidine rings is 2. The molecule has 0 bridgehead atoms. The lowest BCUT2D eigenvalue weighted by atomic mass is 9.73. The number of H-pyrrole nitrogens is 1. The fraction of sp³-hybridized carbons (Fsp3) is 0.550. The van der Waals surface area contributed by atoms with Crippen molar-refractivity contribution >= 4 is 11.8 Å². The van der Waals surface area contributed by atoms with Gasteiger partial charge in [-0.2, -0.15) is 0 Å². The smallest absolute Gasteiger partial charge is 0.289 e. The molecule has 2 amide bonds. The van der Waals surface area contributed by atoms with Crippen LogP contribution in [0.15, 0.2) is 29.1 Å². The Labute approximate surface area is 163 Å². The molecule has 2 aromatic rings. The number of carbonyl (C=O) groups excluding carboxylic acids is 2. The van der Waals surface area contributed by atoms with E-state index in [9.17, 15) is 9.59 Å². The topological polar surface area (TPSA) is 91.7 Å². The number of nitrogens with one attached hydrogen (secondary N) is 1. The van der Waals surface area contributed by atoms with E-state index in [1.807, 2.05) is 9.80 Å². The first-order chi connectivity index (χ1) is 13.6. The SMILES string of the molecule is COc1ccc(C(=O)N2CCC[C@]3(CCC(=O)N(CCc4cnc[nH]4)C3)C2)o1. The molecule has 1 atom stereocenters. The molecule has 0 aromatic carbocycles. The van der Waals surface area contributed by atoms with Gasteiger partial charge in [-0.25, -0.2) is 4.98 Å². The highest BCUT2D eigenvalue weighted by molar-refractivity contribution is 5.91. The van der Waals surface area contributed by atoms with Crippen LogP contribution in [-0.2, 0) is 11.2 Å². The minimum Gasteiger partial charge on any atom is -0.468 e. The Morgan fingerprint density at radius 3 is 3.00 bits per heavy atom. The van der Waals surface area contributed by atoms with E-state index >= 15 is 0 Å². The predicted molar refractivity (Wildman–Crippen MR) is 101 cm³/mol. The zero-order valence-corrected chi connectivity index (χ0v) is 16.1. The van der Waals surface area contributed by atoms with Gasteiger partial charge in [0, 0.05) is 62.4 Å². The quantitative estimate of drug-likeness (QED) is 0.850. The van der Waals surface area contributed by atoms with Crippen molar-refractivity contribution in [1.29, 1.82) is 0 Å². The van der Waals surface area contributed by atoms with Gasteiger partial charge in [0.25, 0.3) is 11.9 Å². The van der Waals surface area contributed by atoms with Crippen molar-refractivity contribution in [3.8, 4) is 5.95 Å². The number of hydrogen-bond donors (Lipinski definition) is 1. The highest BCUT2D eigenvalue weighted by atomic mass is 16.6. The van der Waals surface area contributed by atoms with Gasteiger partial charge in [0.2, 0.25) is 5.91 Å². The summed E-state index contributed by atoms with van der Waals surface area (Å²) in [6, 6.07) is 3.31. The number of likely N-dealkylation sites (tertiary alicyclic amines) is 2. The van der Waals surface area contributed by atoms with Crippen LogP contribution in [0.5, 0.6) is 5.95 Å². The predicted octanol–water partition coefficient (Wildman–Crippen LogP) is 2.10. The third-order valence-electron chi connectivity index (χ3n) is 5.90. The Kier molecular flexibility index (Phi) is 5.11. The van der Waals surface area contributed by atoms with Crippen LogP contribution >= 0.6 is 0 Å². The van der Waals surface area contributed by atoms with Crippen molar-refractivity contribution in [3.63, 3.8) is 0 Å². The van der Waals surface area contributed by atoms with E-state index in [2.05, 4.69) is 9.97 Å². The van der Waals surface area contributed by atoms with Crippen molar-refractivity contribution in [1.82, 2.24) is 19.8 Å². The van der Waals surface area contributed by atoms with Crippen LogP contribution in [-0.4, -0.2) is 64.9 Å². The number of furan rings is 1. The summed E-state index contributed by atoms with van der Waals surface area (Å²) in [4.78, 5) is 36.2. The third-order valence-corrected chi connectivity index (χ3v) is 5.90. The highest BCUT2D eigenvalue weighted by Crippen LogP contribution is 2.39. The van der Waals surface area contributed by atoms with Crippen molar-refractivity contribution in [2.75, 3.05) is 33.3 Å². The van der Waals surface area contributed by atoms with Gasteiger partial charge >= 0.3 is 0 Å². The fourth-order valence-corrected chi connectivity index (χ4v) is 4.40. The molecule has 4 heterocycles. The Balaban J connectivity index is 1.42. The maximum absolute atomic E-state index is 12.9. The summed E-state index contributed by atoms with van der Waals surface area (Å²) in [5.74, 6) is 0.729. The standard InChI is InChI=1S/C20H26N4O4/c1-27-18-4-3-16(28-18)19(26)24-9-2-7-20(13-24)8-5-17(25)23(12-20)10-6-15-11-21-14-22-15/h3-4,11,14H,2,5-10,12-13H2,1H3,(H,21,22)/t20-/m1/s1. The summed E-state index contributed by atoms with van der Waals surface area (Å²) in [5, 5.41) is 0. The maximum Gasteiger partial charge on any atom is 0.289 e. The van der Waals surface area contributed by atoms with E-state index in [0.29, 0.717) is 44.3 Å². The Morgan fingerprint density at radius 2 is 2.25 bits per heavy atom. The Morgan fingerprint density at radius 1 is 1.36 bits per heavy atom. The lowest BCUT2D eigenvalue weighted by molar-refractivity contribution is -0.138. The summed E-state index contributed by atoms with van der Waals surface area (Å²) in [6.07, 6.45) is 7.55. The average molecular weight is 386 g/mol. The minimum atomic E-state index is -0.108. The van der Waals surface area contributed by atoms with Crippen molar-refractivity contribution < 1.29 is 18.7 Å². The monoisotopic (exact) mass is 386 g/mol. The summed E-state index contributed by atoms with van der Waals surface area (Å²) >= 11 is 0. The van der Waals surface area contributed by atoms with E-state index in [-0.39, 0.29) is 17.2 Å².